The second-order valence-corrected chi connectivity index (χ2v) is 4.28. The van der Waals surface area contributed by atoms with E-state index in [0.29, 0.717) is 12.3 Å². The van der Waals surface area contributed by atoms with Crippen LogP contribution in [0.15, 0.2) is 0 Å². The van der Waals surface area contributed by atoms with E-state index in [2.05, 4.69) is 13.8 Å². The molecule has 0 aliphatic heterocycles. The van der Waals surface area contributed by atoms with E-state index in [0.717, 1.165) is 25.7 Å². The molecule has 0 spiro atoms. The Morgan fingerprint density at radius 1 is 1.00 bits per heavy atom. The molecule has 2 nitrogen and oxygen atoms in total. The van der Waals surface area contributed by atoms with Crippen molar-refractivity contribution in [3.05, 3.63) is 0 Å². The fraction of sp³-hybridized carbons (Fsp3) is 1.00. The molecule has 0 saturated heterocycles. The van der Waals surface area contributed by atoms with Crippen LogP contribution in [0.3, 0.4) is 0 Å². The van der Waals surface area contributed by atoms with Crippen LogP contribution in [0.25, 0.3) is 0 Å². The number of rotatable bonds is 7. The van der Waals surface area contributed by atoms with E-state index in [-0.39, 0.29) is 6.10 Å². The third-order valence-corrected chi connectivity index (χ3v) is 3.50. The molecule has 0 bridgehead atoms. The van der Waals surface area contributed by atoms with Gasteiger partial charge in [-0.25, -0.2) is 0 Å². The minimum Gasteiger partial charge on any atom is -0.393 e. The topological polar surface area (TPSA) is 40.5 Å². The Morgan fingerprint density at radius 2 is 1.43 bits per heavy atom. The zero-order valence-corrected chi connectivity index (χ0v) is 10.1. The van der Waals surface area contributed by atoms with Crippen molar-refractivity contribution >= 4 is 0 Å². The average Bonchev–Trinajstić information content (AvgIpc) is 2.19. The average molecular weight is 202 g/mol. The number of hydrogen-bond donors (Lipinski definition) is 2. The van der Waals surface area contributed by atoms with Crippen LogP contribution >= 0.6 is 0 Å². The van der Waals surface area contributed by atoms with Gasteiger partial charge in [0.2, 0.25) is 0 Å². The maximum Gasteiger partial charge on any atom is 0.0667 e. The molecule has 0 aliphatic rings. The van der Waals surface area contributed by atoms with E-state index < -0.39 is 5.60 Å². The van der Waals surface area contributed by atoms with Crippen molar-refractivity contribution in [1.29, 1.82) is 0 Å². The van der Waals surface area contributed by atoms with Crippen molar-refractivity contribution < 1.29 is 10.2 Å². The van der Waals surface area contributed by atoms with E-state index in [1.165, 1.54) is 0 Å². The fourth-order valence-corrected chi connectivity index (χ4v) is 1.93. The molecule has 2 heteroatoms. The number of hydrogen-bond acceptors (Lipinski definition) is 2. The summed E-state index contributed by atoms with van der Waals surface area (Å²) in [6.45, 7) is 8.13. The van der Waals surface area contributed by atoms with Gasteiger partial charge in [0, 0.05) is 6.42 Å². The molecule has 0 fully saturated rings. The zero-order chi connectivity index (χ0) is 11.2. The first-order valence-corrected chi connectivity index (χ1v) is 5.93. The summed E-state index contributed by atoms with van der Waals surface area (Å²) in [6, 6.07) is 0. The van der Waals surface area contributed by atoms with Gasteiger partial charge in [-0.1, -0.05) is 40.5 Å². The van der Waals surface area contributed by atoms with Crippen LogP contribution in [0, 0.1) is 5.92 Å². The van der Waals surface area contributed by atoms with Crippen molar-refractivity contribution in [2.75, 3.05) is 0 Å². The predicted molar refractivity (Wildman–Crippen MR) is 60.2 cm³/mol. The van der Waals surface area contributed by atoms with E-state index in [1.807, 2.05) is 13.8 Å². The molecule has 1 unspecified atom stereocenters. The Morgan fingerprint density at radius 3 is 1.71 bits per heavy atom. The lowest BCUT2D eigenvalue weighted by Crippen LogP contribution is -2.35. The first kappa shape index (κ1) is 13.9. The molecule has 0 aliphatic carbocycles. The molecular formula is C12H26O2. The summed E-state index contributed by atoms with van der Waals surface area (Å²) in [5.74, 6) is 0.333. The second kappa shape index (κ2) is 6.41. The summed E-state index contributed by atoms with van der Waals surface area (Å²) in [4.78, 5) is 0. The maximum atomic E-state index is 10.1. The molecule has 86 valence electrons. The largest absolute Gasteiger partial charge is 0.393 e. The molecule has 0 radical (unpaired) electrons. The number of aliphatic hydroxyl groups excluding tert-OH is 1. The molecule has 0 aromatic rings. The highest BCUT2D eigenvalue weighted by atomic mass is 16.3. The SMILES string of the molecule is CCC(CC)C(O)CC(O)(CC)CC. The van der Waals surface area contributed by atoms with Gasteiger partial charge in [-0.2, -0.15) is 0 Å². The minimum absolute atomic E-state index is 0.333. The molecule has 0 heterocycles. The minimum atomic E-state index is -0.665. The first-order chi connectivity index (χ1) is 6.52. The predicted octanol–water partition coefficient (Wildman–Crippen LogP) is 2.72. The van der Waals surface area contributed by atoms with Gasteiger partial charge in [0.05, 0.1) is 11.7 Å². The Bertz CT molecular complexity index is 137. The van der Waals surface area contributed by atoms with Gasteiger partial charge in [0.15, 0.2) is 0 Å². The van der Waals surface area contributed by atoms with Gasteiger partial charge in [0.1, 0.15) is 0 Å². The van der Waals surface area contributed by atoms with Crippen molar-refractivity contribution in [2.24, 2.45) is 5.92 Å². The standard InChI is InChI=1S/C12H26O2/c1-5-10(6-2)11(13)9-12(14,7-3)8-4/h10-11,13-14H,5-9H2,1-4H3. The molecule has 0 aromatic heterocycles. The van der Waals surface area contributed by atoms with E-state index >= 15 is 0 Å². The smallest absolute Gasteiger partial charge is 0.0667 e. The van der Waals surface area contributed by atoms with Crippen molar-refractivity contribution in [1.82, 2.24) is 0 Å². The maximum absolute atomic E-state index is 10.1. The summed E-state index contributed by atoms with van der Waals surface area (Å²) in [7, 11) is 0. The molecule has 14 heavy (non-hydrogen) atoms. The van der Waals surface area contributed by atoms with Crippen LogP contribution in [0.2, 0.25) is 0 Å². The molecule has 0 aromatic carbocycles. The van der Waals surface area contributed by atoms with Gasteiger partial charge < -0.3 is 10.2 Å². The van der Waals surface area contributed by atoms with Crippen LogP contribution in [0.1, 0.15) is 59.8 Å². The van der Waals surface area contributed by atoms with Crippen LogP contribution in [-0.2, 0) is 0 Å². The lowest BCUT2D eigenvalue weighted by atomic mass is 9.84. The fourth-order valence-electron chi connectivity index (χ4n) is 1.93. The van der Waals surface area contributed by atoms with E-state index in [9.17, 15) is 10.2 Å². The monoisotopic (exact) mass is 202 g/mol. The summed E-state index contributed by atoms with van der Waals surface area (Å²) < 4.78 is 0. The molecular weight excluding hydrogens is 176 g/mol. The molecule has 0 saturated carbocycles. The highest BCUT2D eigenvalue weighted by molar-refractivity contribution is 4.81. The third kappa shape index (κ3) is 3.97. The second-order valence-electron chi connectivity index (χ2n) is 4.28. The summed E-state index contributed by atoms with van der Waals surface area (Å²) >= 11 is 0. The van der Waals surface area contributed by atoms with E-state index in [1.54, 1.807) is 0 Å². The highest BCUT2D eigenvalue weighted by Gasteiger charge is 2.28. The molecule has 0 rings (SSSR count). The first-order valence-electron chi connectivity index (χ1n) is 5.93. The van der Waals surface area contributed by atoms with Gasteiger partial charge >= 0.3 is 0 Å². The van der Waals surface area contributed by atoms with Gasteiger partial charge in [-0.15, -0.1) is 0 Å². The lowest BCUT2D eigenvalue weighted by molar-refractivity contribution is -0.0344. The Balaban J connectivity index is 4.20. The molecule has 2 N–H and O–H groups in total. The Labute approximate surface area is 88.3 Å². The number of aliphatic hydroxyl groups is 2. The van der Waals surface area contributed by atoms with Crippen LogP contribution < -0.4 is 0 Å². The van der Waals surface area contributed by atoms with Crippen LogP contribution in [0.4, 0.5) is 0 Å². The van der Waals surface area contributed by atoms with Gasteiger partial charge in [-0.05, 0) is 18.8 Å². The third-order valence-electron chi connectivity index (χ3n) is 3.50. The van der Waals surface area contributed by atoms with Gasteiger partial charge in [-0.3, -0.25) is 0 Å². The van der Waals surface area contributed by atoms with Crippen LogP contribution in [-0.4, -0.2) is 21.9 Å². The highest BCUT2D eigenvalue weighted by Crippen LogP contribution is 2.26. The van der Waals surface area contributed by atoms with Crippen molar-refractivity contribution in [3.8, 4) is 0 Å². The normalized spacial score (nSPS) is 14.8. The zero-order valence-electron chi connectivity index (χ0n) is 10.1. The summed E-state index contributed by atoms with van der Waals surface area (Å²) in [6.07, 6.45) is 3.59. The quantitative estimate of drug-likeness (QED) is 0.666. The summed E-state index contributed by atoms with van der Waals surface area (Å²) in [5, 5.41) is 20.0. The Hall–Kier alpha value is -0.0800. The van der Waals surface area contributed by atoms with Crippen molar-refractivity contribution in [3.63, 3.8) is 0 Å². The molecule has 1 atom stereocenters. The van der Waals surface area contributed by atoms with E-state index in [4.69, 9.17) is 0 Å². The molecule has 0 amide bonds. The Kier molecular flexibility index (Phi) is 6.38. The summed E-state index contributed by atoms with van der Waals surface area (Å²) in [5.41, 5.74) is -0.665. The van der Waals surface area contributed by atoms with Crippen LogP contribution in [0.5, 0.6) is 0 Å². The van der Waals surface area contributed by atoms with Gasteiger partial charge in [0.25, 0.3) is 0 Å². The van der Waals surface area contributed by atoms with Crippen molar-refractivity contribution in [2.45, 2.75) is 71.5 Å². The lowest BCUT2D eigenvalue weighted by Gasteiger charge is -2.31.